The van der Waals surface area contributed by atoms with E-state index >= 15 is 4.39 Å². The quantitative estimate of drug-likeness (QED) is 0.0251. The van der Waals surface area contributed by atoms with Gasteiger partial charge in [-0.05, 0) is 66.3 Å². The Morgan fingerprint density at radius 3 is 1.89 bits per heavy atom. The van der Waals surface area contributed by atoms with Gasteiger partial charge in [0.05, 0.1) is 25.3 Å². The molecule has 5 atom stereocenters. The zero-order chi connectivity index (χ0) is 58.8. The smallest absolute Gasteiger partial charge is 0.254 e. The first kappa shape index (κ1) is 61.7. The Labute approximate surface area is 458 Å². The summed E-state index contributed by atoms with van der Waals surface area (Å²) in [6.07, 6.45) is 4.15. The maximum atomic E-state index is 15.4. The van der Waals surface area contributed by atoms with Gasteiger partial charge in [0.1, 0.15) is 49.0 Å². The molecule has 0 bridgehead atoms. The summed E-state index contributed by atoms with van der Waals surface area (Å²) in [6.45, 7) is 4.06. The normalized spacial score (nSPS) is 14.0. The minimum absolute atomic E-state index is 0.0896. The number of aliphatic hydroxyl groups is 1. The summed E-state index contributed by atoms with van der Waals surface area (Å²) in [5.41, 5.74) is 11.9. The monoisotopic (exact) mass is 1110 g/mol. The standard InChI is InChI=1S/C54H64F2N12O12/c1-31(62-44(72)22-32-14-17-59-18-15-32)50(77)64-39(25-42(57)70)53(80)65-40(26-43(58)71)52(79)63-38(51(78)61-20-19-60-45(73)29-68-46(74)12-13-47(68)75)16-21-67(48(76)30-69)49(54(2,3)4)41-23-34(36-24-35(55)10-11-37(36)56)28-66(41)27-33-8-6-5-7-9-33/h5-15,17-18,23-24,28,31,38-40,49,69H,16,19-22,25-27,29-30H2,1-4H3,(H2,57,70)(H2,58,71)(H,60,73)(H,61,78)(H,62,72)(H,63,79)(H,64,77)(H,65,80)/t31-,38+,39-,40+,49+/m1/s1. The molecule has 0 saturated heterocycles. The van der Waals surface area contributed by atoms with Crippen LogP contribution in [-0.2, 0) is 65.7 Å². The van der Waals surface area contributed by atoms with Gasteiger partial charge in [0.25, 0.3) is 11.8 Å². The molecule has 0 unspecified atom stereocenters. The molecule has 5 rings (SSSR count). The number of rotatable bonds is 28. The number of aromatic nitrogens is 2. The minimum Gasteiger partial charge on any atom is -0.387 e. The number of carbonyl (C=O) groups excluding carboxylic acids is 11. The molecule has 24 nitrogen and oxygen atoms in total. The molecule has 4 aromatic rings. The number of nitrogens with one attached hydrogen (secondary N) is 6. The van der Waals surface area contributed by atoms with Crippen molar-refractivity contribution in [2.75, 3.05) is 32.8 Å². The molecule has 11 amide bonds. The zero-order valence-corrected chi connectivity index (χ0v) is 44.3. The van der Waals surface area contributed by atoms with Gasteiger partial charge in [-0.2, -0.15) is 0 Å². The Bertz CT molecular complexity index is 2970. The maximum Gasteiger partial charge on any atom is 0.254 e. The van der Waals surface area contributed by atoms with Crippen LogP contribution >= 0.6 is 0 Å². The summed E-state index contributed by atoms with van der Waals surface area (Å²) in [5.74, 6) is -11.7. The third kappa shape index (κ3) is 17.9. The largest absolute Gasteiger partial charge is 0.387 e. The topological polar surface area (TPSA) is 357 Å². The van der Waals surface area contributed by atoms with Crippen molar-refractivity contribution in [3.63, 3.8) is 0 Å². The van der Waals surface area contributed by atoms with E-state index in [2.05, 4.69) is 36.9 Å². The Morgan fingerprint density at radius 1 is 0.713 bits per heavy atom. The Hall–Kier alpha value is -9.20. The van der Waals surface area contributed by atoms with Crippen molar-refractivity contribution >= 4 is 65.0 Å². The van der Waals surface area contributed by atoms with E-state index in [0.717, 1.165) is 35.9 Å². The highest BCUT2D eigenvalue weighted by molar-refractivity contribution is 6.14. The molecular formula is C54H64F2N12O12. The Kier molecular flexibility index (Phi) is 21.9. The van der Waals surface area contributed by atoms with Crippen LogP contribution in [0.4, 0.5) is 8.78 Å². The predicted molar refractivity (Wildman–Crippen MR) is 282 cm³/mol. The van der Waals surface area contributed by atoms with Crippen molar-refractivity contribution in [2.45, 2.75) is 90.1 Å². The van der Waals surface area contributed by atoms with E-state index in [1.807, 2.05) is 12.1 Å². The van der Waals surface area contributed by atoms with Gasteiger partial charge in [0, 0.05) is 73.7 Å². The molecular weight excluding hydrogens is 1050 g/mol. The number of primary amides is 2. The van der Waals surface area contributed by atoms with E-state index in [9.17, 15) is 62.2 Å². The minimum atomic E-state index is -1.91. The van der Waals surface area contributed by atoms with Crippen LogP contribution in [0.25, 0.3) is 11.1 Å². The van der Waals surface area contributed by atoms with Crippen LogP contribution in [0.15, 0.2) is 97.5 Å². The van der Waals surface area contributed by atoms with Crippen LogP contribution < -0.4 is 43.4 Å². The van der Waals surface area contributed by atoms with Gasteiger partial charge in [-0.3, -0.25) is 62.6 Å². The van der Waals surface area contributed by atoms with Gasteiger partial charge in [0.2, 0.25) is 53.2 Å². The SMILES string of the molecule is C[C@@H](NC(=O)Cc1ccncc1)C(=O)N[C@H](CC(N)=O)C(=O)N[C@@H](CC(N)=O)C(=O)N[C@@H](CCN(C(=O)CO)[C@@H](c1cc(-c2cc(F)ccc2F)cn1Cc1ccccc1)C(C)(C)C)C(=O)NCCNC(=O)CN1C(=O)C=CC1=O. The van der Waals surface area contributed by atoms with Crippen LogP contribution in [0.1, 0.15) is 69.8 Å². The maximum absolute atomic E-state index is 15.4. The summed E-state index contributed by atoms with van der Waals surface area (Å²) in [4.78, 5) is 150. The first-order valence-electron chi connectivity index (χ1n) is 25.2. The molecule has 11 N–H and O–H groups in total. The lowest BCUT2D eigenvalue weighted by molar-refractivity contribution is -0.141. The lowest BCUT2D eigenvalue weighted by atomic mass is 9.82. The average Bonchev–Trinajstić information content (AvgIpc) is 4.10. The third-order valence-corrected chi connectivity index (χ3v) is 12.4. The molecule has 3 heterocycles. The molecule has 1 aliphatic heterocycles. The number of hydrogen-bond acceptors (Lipinski definition) is 13. The second kappa shape index (κ2) is 28.4. The summed E-state index contributed by atoms with van der Waals surface area (Å²) in [6, 6.07) is 9.07. The number of carbonyl (C=O) groups is 11. The van der Waals surface area contributed by atoms with Gasteiger partial charge in [0.15, 0.2) is 0 Å². The summed E-state index contributed by atoms with van der Waals surface area (Å²) >= 11 is 0. The van der Waals surface area contributed by atoms with Crippen molar-refractivity contribution in [3.05, 3.63) is 126 Å². The number of benzene rings is 2. The summed E-state index contributed by atoms with van der Waals surface area (Å²) in [5, 5.41) is 25.0. The van der Waals surface area contributed by atoms with Crippen LogP contribution in [-0.4, -0.2) is 146 Å². The van der Waals surface area contributed by atoms with Crippen LogP contribution in [0.3, 0.4) is 0 Å². The van der Waals surface area contributed by atoms with Gasteiger partial charge in [-0.1, -0.05) is 51.1 Å². The highest BCUT2D eigenvalue weighted by Crippen LogP contribution is 2.41. The first-order valence-corrected chi connectivity index (χ1v) is 25.2. The fraction of sp³-hybridized carbons (Fsp3) is 0.370. The van der Waals surface area contributed by atoms with E-state index < -0.39 is 151 Å². The van der Waals surface area contributed by atoms with E-state index in [1.54, 1.807) is 67.9 Å². The second-order valence-electron chi connectivity index (χ2n) is 19.8. The molecule has 26 heteroatoms. The number of hydrogen-bond donors (Lipinski definition) is 9. The Morgan fingerprint density at radius 2 is 1.30 bits per heavy atom. The van der Waals surface area contributed by atoms with Crippen molar-refractivity contribution in [2.24, 2.45) is 16.9 Å². The number of imide groups is 1. The predicted octanol–water partition coefficient (Wildman–Crippen LogP) is -0.715. The number of pyridine rings is 1. The fourth-order valence-corrected chi connectivity index (χ4v) is 8.64. The molecule has 0 aliphatic carbocycles. The van der Waals surface area contributed by atoms with Gasteiger partial charge < -0.3 is 57.9 Å². The van der Waals surface area contributed by atoms with E-state index in [1.165, 1.54) is 24.2 Å². The van der Waals surface area contributed by atoms with E-state index in [0.29, 0.717) is 16.2 Å². The summed E-state index contributed by atoms with van der Waals surface area (Å²) < 4.78 is 31.8. The molecule has 426 valence electrons. The van der Waals surface area contributed by atoms with Crippen LogP contribution in [0.2, 0.25) is 0 Å². The number of halogens is 2. The third-order valence-electron chi connectivity index (χ3n) is 12.4. The number of amides is 11. The molecule has 0 spiro atoms. The molecule has 0 radical (unpaired) electrons. The number of nitrogens with zero attached hydrogens (tertiary/aromatic N) is 4. The van der Waals surface area contributed by atoms with Crippen molar-refractivity contribution in [1.29, 1.82) is 0 Å². The fourth-order valence-electron chi connectivity index (χ4n) is 8.64. The van der Waals surface area contributed by atoms with Crippen LogP contribution in [0.5, 0.6) is 0 Å². The highest BCUT2D eigenvalue weighted by Gasteiger charge is 2.39. The lowest BCUT2D eigenvalue weighted by Gasteiger charge is -2.41. The summed E-state index contributed by atoms with van der Waals surface area (Å²) in [7, 11) is 0. The van der Waals surface area contributed by atoms with Gasteiger partial charge >= 0.3 is 0 Å². The van der Waals surface area contributed by atoms with E-state index in [-0.39, 0.29) is 37.2 Å². The molecule has 0 fully saturated rings. The molecule has 80 heavy (non-hydrogen) atoms. The van der Waals surface area contributed by atoms with Crippen LogP contribution in [0, 0.1) is 17.0 Å². The van der Waals surface area contributed by atoms with E-state index in [4.69, 9.17) is 11.5 Å². The molecule has 2 aromatic heterocycles. The molecule has 1 aliphatic rings. The van der Waals surface area contributed by atoms with Crippen molar-refractivity contribution in [3.8, 4) is 11.1 Å². The molecule has 2 aromatic carbocycles. The highest BCUT2D eigenvalue weighted by atomic mass is 19.1. The van der Waals surface area contributed by atoms with Crippen molar-refractivity contribution < 1.29 is 66.6 Å². The Balaban J connectivity index is 1.44. The average molecular weight is 1110 g/mol. The van der Waals surface area contributed by atoms with Gasteiger partial charge in [-0.25, -0.2) is 8.78 Å². The first-order chi connectivity index (χ1) is 37.8. The number of aliphatic hydroxyl groups excluding tert-OH is 1. The second-order valence-corrected chi connectivity index (χ2v) is 19.8. The zero-order valence-electron chi connectivity index (χ0n) is 44.3. The van der Waals surface area contributed by atoms with Gasteiger partial charge in [-0.15, -0.1) is 0 Å². The lowest BCUT2D eigenvalue weighted by Crippen LogP contribution is -2.59. The number of nitrogens with two attached hydrogens (primary N) is 2. The van der Waals surface area contributed by atoms with Crippen molar-refractivity contribution in [1.82, 2.24) is 51.3 Å². The molecule has 0 saturated carbocycles.